The lowest BCUT2D eigenvalue weighted by molar-refractivity contribution is -0.149. The number of aromatic nitrogens is 4. The largest absolute Gasteiger partial charge is 0.497 e. The van der Waals surface area contributed by atoms with Crippen molar-refractivity contribution in [2.45, 2.75) is 234 Å². The van der Waals surface area contributed by atoms with E-state index in [1.54, 1.807) is 86.6 Å². The van der Waals surface area contributed by atoms with Gasteiger partial charge in [-0.2, -0.15) is 0 Å². The van der Waals surface area contributed by atoms with Crippen LogP contribution in [0.5, 0.6) is 5.75 Å². The molecule has 138 heavy (non-hydrogen) atoms. The number of nitrogens with two attached hydrogens (primary N) is 3. The Morgan fingerprint density at radius 1 is 0.587 bits per heavy atom. The van der Waals surface area contributed by atoms with Crippen LogP contribution in [0.4, 0.5) is 0 Å². The summed E-state index contributed by atoms with van der Waals surface area (Å²) in [4.78, 5) is 290. The molecule has 47 heteroatoms. The molecule has 0 spiro atoms. The number of benzene rings is 3. The number of H-pyrrole nitrogens is 2. The van der Waals surface area contributed by atoms with E-state index in [1.807, 2.05) is 0 Å². The monoisotopic (exact) mass is 1940 g/mol. The van der Waals surface area contributed by atoms with E-state index in [4.69, 9.17) is 21.9 Å². The lowest BCUT2D eigenvalue weighted by atomic mass is 10.00. The number of para-hydroxylation sites is 2. The van der Waals surface area contributed by atoms with E-state index in [-0.39, 0.29) is 62.7 Å². The molecule has 0 saturated carbocycles. The zero-order valence-electron chi connectivity index (χ0n) is 78.0. The summed E-state index contributed by atoms with van der Waals surface area (Å²) in [5.41, 5.74) is 19.0. The number of hydrogen-bond donors (Lipinski definition) is 19. The number of aliphatic hydroxyl groups is 3. The van der Waals surface area contributed by atoms with Crippen molar-refractivity contribution in [1.82, 2.24) is 97.2 Å². The first-order valence-corrected chi connectivity index (χ1v) is 46.6. The second-order valence-corrected chi connectivity index (χ2v) is 35.6. The number of amides is 18. The van der Waals surface area contributed by atoms with E-state index in [9.17, 15) is 73.2 Å². The van der Waals surface area contributed by atoms with E-state index in [0.717, 1.165) is 43.2 Å². The highest BCUT2D eigenvalue weighted by molar-refractivity contribution is 8.00. The van der Waals surface area contributed by atoms with Crippen molar-refractivity contribution in [3.05, 3.63) is 120 Å². The van der Waals surface area contributed by atoms with Gasteiger partial charge in [-0.15, -0.1) is 11.8 Å². The van der Waals surface area contributed by atoms with Crippen LogP contribution in [-0.2, 0) is 123 Å². The van der Waals surface area contributed by atoms with Crippen molar-refractivity contribution in [3.8, 4) is 5.75 Å². The van der Waals surface area contributed by atoms with Crippen molar-refractivity contribution in [2.75, 3.05) is 66.0 Å². The molecule has 3 saturated heterocycles. The maximum Gasteiger partial charge on any atom is 0.323 e. The van der Waals surface area contributed by atoms with Crippen molar-refractivity contribution in [3.63, 3.8) is 0 Å². The number of nitrogens with zero attached hydrogens (tertiary/aromatic N) is 7. The number of primary amides is 3. The third-order valence-electron chi connectivity index (χ3n) is 24.5. The second-order valence-electron chi connectivity index (χ2n) is 34.5. The van der Waals surface area contributed by atoms with Crippen molar-refractivity contribution in [2.24, 2.45) is 17.2 Å². The number of unbranched alkanes of at least 4 members (excludes halogenated alkanes) is 2. The molecule has 3 aliphatic heterocycles. The summed E-state index contributed by atoms with van der Waals surface area (Å²) >= 11 is 0.719. The van der Waals surface area contributed by atoms with Crippen LogP contribution < -0.4 is 75.1 Å². The Morgan fingerprint density at radius 2 is 1.17 bits per heavy atom. The fourth-order valence-electron chi connectivity index (χ4n) is 16.8. The molecule has 16 atom stereocenters. The molecule has 6 aromatic rings. The third kappa shape index (κ3) is 29.0. The number of ether oxygens (including phenoxy) is 1. The second kappa shape index (κ2) is 50.6. The van der Waals surface area contributed by atoms with Gasteiger partial charge in [0.05, 0.1) is 56.7 Å². The summed E-state index contributed by atoms with van der Waals surface area (Å²) in [7, 11) is 5.14. The fraction of sp³-hybridized carbons (Fsp3) is 0.516. The average Bonchev–Trinajstić information content (AvgIpc) is 1.65. The zero-order chi connectivity index (χ0) is 101. The van der Waals surface area contributed by atoms with Gasteiger partial charge in [0.15, 0.2) is 0 Å². The topological polar surface area (TPSA) is 678 Å². The van der Waals surface area contributed by atoms with E-state index in [0.29, 0.717) is 51.5 Å². The standard InChI is InChI=1S/C91H124N22O24S/c1-9-11-21-68-83(128)107-77(49(4)115)86(131)106-66(79(124)97-40-74(94)119)45-138-46-75(120)99-62(32-50-25-27-55(137-8)28-26-50)87(132)108(5)48(3)78(123)103-64(37-73(93)118)90(135)112-31-17-24-69(112)84(129)102-61(35-53-39-95-47-98-53)81(126)100-59(29-30-72(92)117)89(134)113-42-54(116)36-71(113)85(130)101-60(33-51-38-96-58-20-15-13-18-56(51)58)80(125)105-65(44-114)82(127)104-63(88(133)110(7)70(22-12-10-2)91(136)109(68)6)34-52-41-111(43-76(121)122)67-23-16-14-19-57(52)67/h13-16,18-20,23,25-28,38-39,41,47-49,54,59-66,68-71,77,96,114-116H,9-12,17,21-22,24,29-37,40,42-46H2,1-8H3,(H2,92,117)(H2,93,118)(H2,94,119)(H,95,98)(H,97,124)(H,99,120)(H,100,126)(H,101,130)(H,102,129)(H,103,123)(H,104,127)(H,105,125)(H,106,131)(H,107,128)(H,121,122)/t48-,49?,54+,59-,60-,61-,62-,63-,64-,65-,66-,68-,69-,70-,71-,77-/m0/s1. The highest BCUT2D eigenvalue weighted by Gasteiger charge is 2.47. The first kappa shape index (κ1) is 108. The minimum absolute atomic E-state index is 0.0767. The van der Waals surface area contributed by atoms with Gasteiger partial charge in [-0.3, -0.25) is 91.1 Å². The Bertz CT molecular complexity index is 5400. The van der Waals surface area contributed by atoms with Crippen LogP contribution in [0.25, 0.3) is 21.8 Å². The van der Waals surface area contributed by atoms with E-state index >= 15 is 38.4 Å². The predicted molar refractivity (Wildman–Crippen MR) is 497 cm³/mol. The number of rotatable bonds is 27. The van der Waals surface area contributed by atoms with Crippen LogP contribution in [0.15, 0.2) is 97.7 Å². The van der Waals surface area contributed by atoms with Gasteiger partial charge in [0.2, 0.25) is 106 Å². The number of imidazole rings is 1. The van der Waals surface area contributed by atoms with Gasteiger partial charge in [-0.1, -0.05) is 88.1 Å². The number of nitrogens with one attached hydrogen (secondary N) is 12. The predicted octanol–water partition coefficient (Wildman–Crippen LogP) is -4.73. The summed E-state index contributed by atoms with van der Waals surface area (Å²) in [6.07, 6.45) is -0.481. The molecule has 1 unspecified atom stereocenters. The number of methoxy groups -OCH3 is 1. The molecule has 46 nitrogen and oxygen atoms in total. The maximum absolute atomic E-state index is 15.8. The molecule has 748 valence electrons. The molecule has 22 N–H and O–H groups in total. The van der Waals surface area contributed by atoms with Gasteiger partial charge in [-0.25, -0.2) is 4.98 Å². The normalized spacial score (nSPS) is 24.7. The average molecular weight is 1940 g/mol. The van der Waals surface area contributed by atoms with Gasteiger partial charge < -0.3 is 135 Å². The molecular weight excluding hydrogens is 1820 g/mol. The Kier molecular flexibility index (Phi) is 39.5. The molecule has 3 aromatic heterocycles. The first-order valence-electron chi connectivity index (χ1n) is 45.4. The number of carboxylic acids is 1. The molecule has 6 heterocycles. The number of aliphatic carboxylic acids is 1. The van der Waals surface area contributed by atoms with Crippen molar-refractivity contribution < 1.29 is 116 Å². The first-order chi connectivity index (χ1) is 65.6. The van der Waals surface area contributed by atoms with E-state index in [2.05, 4.69) is 68.1 Å². The smallest absolute Gasteiger partial charge is 0.323 e. The summed E-state index contributed by atoms with van der Waals surface area (Å²) in [5.74, 6) is -20.6. The molecule has 0 aliphatic carbocycles. The molecule has 18 amide bonds. The number of hydrogen-bond acceptors (Lipinski definition) is 25. The molecule has 0 radical (unpaired) electrons. The van der Waals surface area contributed by atoms with E-state index < -0.39 is 292 Å². The summed E-state index contributed by atoms with van der Waals surface area (Å²) in [5, 5.41) is 70.6. The Hall–Kier alpha value is -14.1. The molecule has 3 aliphatic rings. The summed E-state index contributed by atoms with van der Waals surface area (Å²) in [6, 6.07) is -4.06. The van der Waals surface area contributed by atoms with Crippen molar-refractivity contribution in [1.29, 1.82) is 0 Å². The summed E-state index contributed by atoms with van der Waals surface area (Å²) in [6.45, 7) is 2.66. The van der Waals surface area contributed by atoms with Gasteiger partial charge in [0, 0.05) is 119 Å². The highest BCUT2D eigenvalue weighted by atomic mass is 32.2. The van der Waals surface area contributed by atoms with Gasteiger partial charge in [0.25, 0.3) is 0 Å². The van der Waals surface area contributed by atoms with Gasteiger partial charge in [0.1, 0.15) is 96.9 Å². The lowest BCUT2D eigenvalue weighted by Gasteiger charge is -2.36. The van der Waals surface area contributed by atoms with Crippen molar-refractivity contribution >= 4 is 146 Å². The minimum Gasteiger partial charge on any atom is -0.497 e. The van der Waals surface area contributed by atoms with Gasteiger partial charge >= 0.3 is 5.97 Å². The number of aliphatic hydroxyl groups excluding tert-OH is 3. The Labute approximate surface area is 798 Å². The third-order valence-corrected chi connectivity index (χ3v) is 25.5. The maximum atomic E-state index is 15.8. The molecule has 3 aromatic carbocycles. The minimum atomic E-state index is -2.01. The number of aromatic amines is 2. The number of carboxylic acid groups (broad SMARTS) is 1. The van der Waals surface area contributed by atoms with Crippen LogP contribution in [0, 0.1) is 0 Å². The van der Waals surface area contributed by atoms with E-state index in [1.165, 1.54) is 64.7 Å². The molecule has 3 fully saturated rings. The zero-order valence-corrected chi connectivity index (χ0v) is 78.8. The Balaban J connectivity index is 1.11. The number of fused-ring (bicyclic) bond motifs is 4. The molecular formula is C91H124N22O24S. The van der Waals surface area contributed by atoms with Crippen LogP contribution in [0.3, 0.4) is 0 Å². The number of carbonyl (C=O) groups is 19. The number of likely N-dealkylation sites (N-methyl/N-ethyl adjacent to an activating group) is 3. The summed E-state index contributed by atoms with van der Waals surface area (Å²) < 4.78 is 6.71. The highest BCUT2D eigenvalue weighted by Crippen LogP contribution is 2.29. The Morgan fingerprint density at radius 3 is 1.80 bits per heavy atom. The van der Waals surface area contributed by atoms with Gasteiger partial charge in [-0.05, 0) is 86.9 Å². The quantitative estimate of drug-likeness (QED) is 0.0230. The van der Waals surface area contributed by atoms with Crippen LogP contribution in [0.1, 0.15) is 127 Å². The SMILES string of the molecule is CCCC[C@H]1C(=O)N(C)[C@@H](CCCC)C(=O)N[C@@H](C(C)O)C(=O)N[C@H](C(=O)NCC(N)=O)CSCC(=O)N[C@@H](Cc2ccc(OC)cc2)C(=O)N(C)[C@@H](C)C(=O)N[C@@H](CC(N)=O)C(=O)N2CCC[C@H]2C(=O)N[C@@H](Cc2c[nH]cn2)C(=O)N[C@@H](CCC(N)=O)C(=O)N2C[C@H](O)C[C@H]2C(=O)N[C@@H](Cc2c[nH]c3ccccc23)C(=O)N[C@@H](CO)C(=O)N[C@@H](Cc2cn(CC(=O)O)c3ccccc23)C(=O)N1C. The fourth-order valence-corrected chi connectivity index (χ4v) is 17.7. The van der Waals surface area contributed by atoms with Crippen LogP contribution in [0.2, 0.25) is 0 Å². The van der Waals surface area contributed by atoms with Crippen LogP contribution in [-0.4, -0.2) is 340 Å². The van der Waals surface area contributed by atoms with Crippen LogP contribution >= 0.6 is 11.8 Å². The molecule has 0 bridgehead atoms. The number of carbonyl (C=O) groups excluding carboxylic acids is 18. The molecule has 9 rings (SSSR count). The lowest BCUT2D eigenvalue weighted by Crippen LogP contribution is -2.62. The number of thioether (sulfide) groups is 1.